The number of H-pyrrole nitrogens is 1. The molecule has 18 heavy (non-hydrogen) atoms. The fraction of sp³-hybridized carbons (Fsp3) is 0.462. The number of hydrogen-bond donors (Lipinski definition) is 1. The first-order chi connectivity index (χ1) is 8.47. The first kappa shape index (κ1) is 14.1. The zero-order chi connectivity index (χ0) is 13.4. The van der Waals surface area contributed by atoms with E-state index in [9.17, 15) is 0 Å². The standard InChI is InChI=1S/C13H16BrIN2O/c1-6(2)7(3)11-10(15)8-5-16-13(18-4)9(14)12(8)17-11/h5-7,17H,1-4H3. The number of aromatic nitrogens is 2. The van der Waals surface area contributed by atoms with Crippen molar-refractivity contribution >= 4 is 49.4 Å². The topological polar surface area (TPSA) is 37.9 Å². The maximum atomic E-state index is 5.23. The Morgan fingerprint density at radius 2 is 2.06 bits per heavy atom. The summed E-state index contributed by atoms with van der Waals surface area (Å²) in [7, 11) is 1.63. The van der Waals surface area contributed by atoms with E-state index < -0.39 is 0 Å². The summed E-state index contributed by atoms with van der Waals surface area (Å²) >= 11 is 5.94. The number of rotatable bonds is 3. The Hall–Kier alpha value is -0.300. The monoisotopic (exact) mass is 422 g/mol. The normalized spacial score (nSPS) is 13.3. The van der Waals surface area contributed by atoms with E-state index in [0.717, 1.165) is 15.4 Å². The van der Waals surface area contributed by atoms with Gasteiger partial charge >= 0.3 is 0 Å². The van der Waals surface area contributed by atoms with Gasteiger partial charge in [0.05, 0.1) is 12.6 Å². The highest BCUT2D eigenvalue weighted by Gasteiger charge is 2.20. The molecule has 0 radical (unpaired) electrons. The molecule has 2 aromatic rings. The number of aromatic amines is 1. The largest absolute Gasteiger partial charge is 0.480 e. The lowest BCUT2D eigenvalue weighted by atomic mass is 9.95. The van der Waals surface area contributed by atoms with Crippen LogP contribution in [0, 0.1) is 9.49 Å². The summed E-state index contributed by atoms with van der Waals surface area (Å²) in [6.07, 6.45) is 1.87. The van der Waals surface area contributed by atoms with Crippen LogP contribution in [0.2, 0.25) is 0 Å². The summed E-state index contributed by atoms with van der Waals surface area (Å²) in [5.41, 5.74) is 2.34. The van der Waals surface area contributed by atoms with Gasteiger partial charge in [0.2, 0.25) is 5.88 Å². The van der Waals surface area contributed by atoms with Crippen molar-refractivity contribution < 1.29 is 4.74 Å². The first-order valence-corrected chi connectivity index (χ1v) is 7.74. The average Bonchev–Trinajstić information content (AvgIpc) is 2.67. The third-order valence-electron chi connectivity index (χ3n) is 3.37. The van der Waals surface area contributed by atoms with Crippen LogP contribution in [-0.4, -0.2) is 17.1 Å². The molecule has 0 aromatic carbocycles. The Bertz CT molecular complexity index is 580. The predicted molar refractivity (Wildman–Crippen MR) is 86.3 cm³/mol. The highest BCUT2D eigenvalue weighted by Crippen LogP contribution is 2.37. The number of pyridine rings is 1. The molecule has 0 bridgehead atoms. The second-order valence-corrected chi connectivity index (χ2v) is 6.63. The minimum absolute atomic E-state index is 0.488. The minimum Gasteiger partial charge on any atom is -0.480 e. The number of methoxy groups -OCH3 is 1. The quantitative estimate of drug-likeness (QED) is 0.728. The second-order valence-electron chi connectivity index (χ2n) is 4.76. The van der Waals surface area contributed by atoms with Crippen LogP contribution in [0.5, 0.6) is 5.88 Å². The van der Waals surface area contributed by atoms with Crippen LogP contribution in [0.3, 0.4) is 0 Å². The summed E-state index contributed by atoms with van der Waals surface area (Å²) in [5, 5.41) is 1.14. The number of hydrogen-bond acceptors (Lipinski definition) is 2. The van der Waals surface area contributed by atoms with Crippen molar-refractivity contribution in [2.45, 2.75) is 26.7 Å². The van der Waals surface area contributed by atoms with Crippen molar-refractivity contribution in [3.05, 3.63) is 19.9 Å². The van der Waals surface area contributed by atoms with Crippen molar-refractivity contribution in [3.63, 3.8) is 0 Å². The molecule has 1 atom stereocenters. The summed E-state index contributed by atoms with van der Waals surface area (Å²) in [6.45, 7) is 6.72. The molecule has 0 fully saturated rings. The Morgan fingerprint density at radius 1 is 1.39 bits per heavy atom. The van der Waals surface area contributed by atoms with Crippen molar-refractivity contribution in [3.8, 4) is 5.88 Å². The van der Waals surface area contributed by atoms with Gasteiger partial charge in [-0.2, -0.15) is 0 Å². The fourth-order valence-electron chi connectivity index (χ4n) is 1.88. The number of nitrogens with zero attached hydrogens (tertiary/aromatic N) is 1. The van der Waals surface area contributed by atoms with Gasteiger partial charge in [-0.1, -0.05) is 20.8 Å². The molecule has 0 aliphatic carbocycles. The van der Waals surface area contributed by atoms with Gasteiger partial charge in [-0.15, -0.1) is 0 Å². The summed E-state index contributed by atoms with van der Waals surface area (Å²) in [4.78, 5) is 7.82. The zero-order valence-electron chi connectivity index (χ0n) is 10.8. The van der Waals surface area contributed by atoms with E-state index in [1.807, 2.05) is 6.20 Å². The molecule has 1 N–H and O–H groups in total. The Balaban J connectivity index is 2.66. The summed E-state index contributed by atoms with van der Waals surface area (Å²) in [5.74, 6) is 1.70. The van der Waals surface area contributed by atoms with Crippen LogP contribution in [-0.2, 0) is 0 Å². The maximum Gasteiger partial charge on any atom is 0.229 e. The van der Waals surface area contributed by atoms with E-state index in [2.05, 4.69) is 69.3 Å². The number of halogens is 2. The molecular formula is C13H16BrIN2O. The van der Waals surface area contributed by atoms with Gasteiger partial charge in [-0.25, -0.2) is 4.98 Å². The van der Waals surface area contributed by atoms with Gasteiger partial charge < -0.3 is 9.72 Å². The average molecular weight is 423 g/mol. The molecule has 5 heteroatoms. The first-order valence-electron chi connectivity index (χ1n) is 5.86. The Labute approximate surface area is 129 Å². The van der Waals surface area contributed by atoms with Crippen LogP contribution in [0.15, 0.2) is 10.7 Å². The van der Waals surface area contributed by atoms with Gasteiger partial charge in [0.25, 0.3) is 0 Å². The molecule has 3 nitrogen and oxygen atoms in total. The molecule has 2 aromatic heterocycles. The lowest BCUT2D eigenvalue weighted by Crippen LogP contribution is -2.03. The van der Waals surface area contributed by atoms with Crippen LogP contribution < -0.4 is 4.74 Å². The maximum absolute atomic E-state index is 5.23. The van der Waals surface area contributed by atoms with E-state index in [4.69, 9.17) is 4.74 Å². The smallest absolute Gasteiger partial charge is 0.229 e. The lowest BCUT2D eigenvalue weighted by molar-refractivity contribution is 0.396. The zero-order valence-corrected chi connectivity index (χ0v) is 14.6. The van der Waals surface area contributed by atoms with E-state index >= 15 is 0 Å². The third-order valence-corrected chi connectivity index (χ3v) is 5.27. The van der Waals surface area contributed by atoms with E-state index in [1.165, 1.54) is 9.26 Å². The van der Waals surface area contributed by atoms with Gasteiger partial charge in [-0.3, -0.25) is 0 Å². The molecule has 0 aliphatic rings. The van der Waals surface area contributed by atoms with Crippen molar-refractivity contribution in [2.75, 3.05) is 7.11 Å². The molecule has 2 rings (SSSR count). The molecule has 0 spiro atoms. The van der Waals surface area contributed by atoms with Gasteiger partial charge in [-0.05, 0) is 50.4 Å². The Morgan fingerprint density at radius 3 is 2.61 bits per heavy atom. The molecule has 0 saturated carbocycles. The highest BCUT2D eigenvalue weighted by atomic mass is 127. The van der Waals surface area contributed by atoms with Gasteiger partial charge in [0, 0.05) is 20.8 Å². The SMILES string of the molecule is COc1ncc2c(I)c(C(C)C(C)C)[nH]c2c1Br. The summed E-state index contributed by atoms with van der Waals surface area (Å²) < 4.78 is 7.37. The van der Waals surface area contributed by atoms with Crippen LogP contribution in [0.1, 0.15) is 32.4 Å². The molecule has 0 amide bonds. The molecule has 0 aliphatic heterocycles. The number of fused-ring (bicyclic) bond motifs is 1. The van der Waals surface area contributed by atoms with Gasteiger partial charge in [0.1, 0.15) is 4.47 Å². The third kappa shape index (κ3) is 2.27. The number of ether oxygens (including phenoxy) is 1. The Kier molecular flexibility index (Phi) is 4.21. The predicted octanol–water partition coefficient (Wildman–Crippen LogP) is 4.70. The van der Waals surface area contributed by atoms with Gasteiger partial charge in [0.15, 0.2) is 0 Å². The van der Waals surface area contributed by atoms with Crippen molar-refractivity contribution in [1.82, 2.24) is 9.97 Å². The molecule has 0 saturated heterocycles. The van der Waals surface area contributed by atoms with Crippen LogP contribution in [0.4, 0.5) is 0 Å². The van der Waals surface area contributed by atoms with E-state index in [1.54, 1.807) is 7.11 Å². The minimum atomic E-state index is 0.488. The molecule has 2 heterocycles. The number of nitrogens with one attached hydrogen (secondary N) is 1. The molecular weight excluding hydrogens is 407 g/mol. The fourth-order valence-corrected chi connectivity index (χ4v) is 3.49. The van der Waals surface area contributed by atoms with Crippen molar-refractivity contribution in [1.29, 1.82) is 0 Å². The van der Waals surface area contributed by atoms with Crippen LogP contribution in [0.25, 0.3) is 10.9 Å². The highest BCUT2D eigenvalue weighted by molar-refractivity contribution is 14.1. The molecule has 98 valence electrons. The second kappa shape index (κ2) is 5.36. The van der Waals surface area contributed by atoms with E-state index in [-0.39, 0.29) is 0 Å². The van der Waals surface area contributed by atoms with E-state index in [0.29, 0.717) is 17.7 Å². The molecule has 1 unspecified atom stereocenters. The lowest BCUT2D eigenvalue weighted by Gasteiger charge is -2.14. The summed E-state index contributed by atoms with van der Waals surface area (Å²) in [6, 6.07) is 0. The van der Waals surface area contributed by atoms with Crippen LogP contribution >= 0.6 is 38.5 Å². The van der Waals surface area contributed by atoms with Crippen molar-refractivity contribution in [2.24, 2.45) is 5.92 Å².